The molecule has 0 bridgehead atoms. The number of hydrogen-bond donors (Lipinski definition) is 1. The van der Waals surface area contributed by atoms with Crippen molar-refractivity contribution in [3.63, 3.8) is 0 Å². The lowest BCUT2D eigenvalue weighted by atomic mass is 10.1. The molecule has 1 heterocycles. The van der Waals surface area contributed by atoms with Crippen LogP contribution >= 0.6 is 11.6 Å². The Morgan fingerprint density at radius 1 is 1.09 bits per heavy atom. The average Bonchev–Trinajstić information content (AvgIpc) is 3.11. The molecule has 1 atom stereocenters. The van der Waals surface area contributed by atoms with Gasteiger partial charge in [-0.25, -0.2) is 8.42 Å². The highest BCUT2D eigenvalue weighted by atomic mass is 35.5. The minimum absolute atomic E-state index is 0.106. The van der Waals surface area contributed by atoms with Gasteiger partial charge in [0, 0.05) is 31.3 Å². The van der Waals surface area contributed by atoms with Gasteiger partial charge in [0.25, 0.3) is 10.0 Å². The standard InChI is InChI=1S/C20H22ClF3N2O5S/c1-26-7-6-13(11-26)31-16-8-12(4-5-14(16)20(22,23)24)25-32(27,28)19-10-18(30-3)17(29-2)9-15(19)21/h4-5,8-10,13,25H,6-7,11H2,1-3H3. The molecule has 1 unspecified atom stereocenters. The maximum absolute atomic E-state index is 13.5. The Morgan fingerprint density at radius 2 is 1.75 bits per heavy atom. The average molecular weight is 495 g/mol. The Hall–Kier alpha value is -2.37. The van der Waals surface area contributed by atoms with Gasteiger partial charge in [0.2, 0.25) is 0 Å². The number of likely N-dealkylation sites (N-methyl/N-ethyl adjacent to an activating group) is 1. The summed E-state index contributed by atoms with van der Waals surface area (Å²) in [5.41, 5.74) is -1.09. The third kappa shape index (κ3) is 5.33. The molecule has 0 aliphatic carbocycles. The number of rotatable bonds is 7. The zero-order valence-corrected chi connectivity index (χ0v) is 19.1. The minimum atomic E-state index is -4.66. The van der Waals surface area contributed by atoms with Gasteiger partial charge in [0.05, 0.1) is 30.5 Å². The summed E-state index contributed by atoms with van der Waals surface area (Å²) < 4.78 is 84.3. The van der Waals surface area contributed by atoms with Gasteiger partial charge < -0.3 is 19.1 Å². The van der Waals surface area contributed by atoms with E-state index < -0.39 is 33.6 Å². The van der Waals surface area contributed by atoms with Gasteiger partial charge in [-0.15, -0.1) is 0 Å². The van der Waals surface area contributed by atoms with Crippen molar-refractivity contribution in [2.24, 2.45) is 0 Å². The number of halogens is 4. The first kappa shape index (κ1) is 24.3. The highest BCUT2D eigenvalue weighted by Gasteiger charge is 2.36. The molecule has 0 amide bonds. The van der Waals surface area contributed by atoms with Crippen molar-refractivity contribution >= 4 is 27.3 Å². The van der Waals surface area contributed by atoms with Crippen LogP contribution in [0.4, 0.5) is 18.9 Å². The van der Waals surface area contributed by atoms with Crippen molar-refractivity contribution in [3.05, 3.63) is 40.9 Å². The highest BCUT2D eigenvalue weighted by Crippen LogP contribution is 2.40. The van der Waals surface area contributed by atoms with E-state index in [-0.39, 0.29) is 27.1 Å². The normalized spacial score (nSPS) is 17.3. The van der Waals surface area contributed by atoms with Crippen LogP contribution < -0.4 is 18.9 Å². The fourth-order valence-corrected chi connectivity index (χ4v) is 4.92. The molecule has 176 valence electrons. The van der Waals surface area contributed by atoms with Gasteiger partial charge in [0.1, 0.15) is 16.7 Å². The molecule has 0 aromatic heterocycles. The number of benzene rings is 2. The zero-order valence-electron chi connectivity index (χ0n) is 17.5. The van der Waals surface area contributed by atoms with Crippen molar-refractivity contribution < 1.29 is 35.8 Å². The fourth-order valence-electron chi connectivity index (χ4n) is 3.34. The van der Waals surface area contributed by atoms with Crippen LogP contribution in [-0.4, -0.2) is 53.8 Å². The molecule has 3 rings (SSSR count). The Bertz CT molecular complexity index is 1100. The first-order valence-electron chi connectivity index (χ1n) is 9.45. The van der Waals surface area contributed by atoms with E-state index >= 15 is 0 Å². The molecule has 2 aromatic rings. The molecule has 1 fully saturated rings. The molecule has 1 saturated heterocycles. The van der Waals surface area contributed by atoms with E-state index in [2.05, 4.69) is 4.72 Å². The third-order valence-electron chi connectivity index (χ3n) is 4.91. The summed E-state index contributed by atoms with van der Waals surface area (Å²) >= 11 is 6.10. The van der Waals surface area contributed by atoms with E-state index in [4.69, 9.17) is 25.8 Å². The summed E-state index contributed by atoms with van der Waals surface area (Å²) in [6.07, 6.45) is -4.54. The minimum Gasteiger partial charge on any atom is -0.493 e. The fraction of sp³-hybridized carbons (Fsp3) is 0.400. The molecule has 1 aliphatic rings. The van der Waals surface area contributed by atoms with E-state index in [1.807, 2.05) is 11.9 Å². The summed E-state index contributed by atoms with van der Waals surface area (Å²) in [4.78, 5) is 1.61. The molecule has 32 heavy (non-hydrogen) atoms. The number of likely N-dealkylation sites (tertiary alicyclic amines) is 1. The Morgan fingerprint density at radius 3 is 2.31 bits per heavy atom. The number of alkyl halides is 3. The van der Waals surface area contributed by atoms with E-state index in [0.717, 1.165) is 18.2 Å². The summed E-state index contributed by atoms with van der Waals surface area (Å²) in [6.45, 7) is 1.16. The molecule has 1 aliphatic heterocycles. The number of methoxy groups -OCH3 is 2. The molecule has 0 radical (unpaired) electrons. The van der Waals surface area contributed by atoms with E-state index in [1.54, 1.807) is 0 Å². The molecule has 12 heteroatoms. The lowest BCUT2D eigenvalue weighted by molar-refractivity contribution is -0.139. The molecule has 2 aromatic carbocycles. The SMILES string of the molecule is COc1cc(Cl)c(S(=O)(=O)Nc2ccc(C(F)(F)F)c(OC3CCN(C)C3)c2)cc1OC. The molecular weight excluding hydrogens is 473 g/mol. The van der Waals surface area contributed by atoms with Crippen LogP contribution in [0.3, 0.4) is 0 Å². The van der Waals surface area contributed by atoms with Crippen LogP contribution in [0, 0.1) is 0 Å². The first-order chi connectivity index (χ1) is 14.9. The Balaban J connectivity index is 1.95. The predicted molar refractivity (Wildman–Crippen MR) is 113 cm³/mol. The highest BCUT2D eigenvalue weighted by molar-refractivity contribution is 7.92. The second-order valence-corrected chi connectivity index (χ2v) is 9.30. The van der Waals surface area contributed by atoms with Crippen molar-refractivity contribution in [3.8, 4) is 17.2 Å². The van der Waals surface area contributed by atoms with Gasteiger partial charge in [-0.2, -0.15) is 13.2 Å². The number of anilines is 1. The first-order valence-corrected chi connectivity index (χ1v) is 11.3. The number of nitrogens with zero attached hydrogens (tertiary/aromatic N) is 1. The smallest absolute Gasteiger partial charge is 0.419 e. The topological polar surface area (TPSA) is 77.1 Å². The van der Waals surface area contributed by atoms with Crippen LogP contribution in [0.2, 0.25) is 5.02 Å². The Labute approximate surface area is 189 Å². The van der Waals surface area contributed by atoms with Crippen molar-refractivity contribution in [2.45, 2.75) is 23.6 Å². The van der Waals surface area contributed by atoms with Gasteiger partial charge in [-0.3, -0.25) is 4.72 Å². The lowest BCUT2D eigenvalue weighted by Gasteiger charge is -2.20. The number of sulfonamides is 1. The largest absolute Gasteiger partial charge is 0.493 e. The summed E-state index contributed by atoms with van der Waals surface area (Å²) in [5, 5.41) is -0.146. The summed E-state index contributed by atoms with van der Waals surface area (Å²) in [7, 11) is 0.270. The van der Waals surface area contributed by atoms with E-state index in [0.29, 0.717) is 19.5 Å². The predicted octanol–water partition coefficient (Wildman–Crippen LogP) is 4.26. The van der Waals surface area contributed by atoms with E-state index in [1.165, 1.54) is 26.4 Å². The molecule has 0 spiro atoms. The van der Waals surface area contributed by atoms with Crippen LogP contribution in [0.1, 0.15) is 12.0 Å². The number of hydrogen-bond acceptors (Lipinski definition) is 6. The molecule has 7 nitrogen and oxygen atoms in total. The third-order valence-corrected chi connectivity index (χ3v) is 6.75. The van der Waals surface area contributed by atoms with Crippen LogP contribution in [0.25, 0.3) is 0 Å². The van der Waals surface area contributed by atoms with E-state index in [9.17, 15) is 21.6 Å². The second-order valence-electron chi connectivity index (χ2n) is 7.24. The van der Waals surface area contributed by atoms with Gasteiger partial charge in [0.15, 0.2) is 11.5 Å². The maximum Gasteiger partial charge on any atom is 0.419 e. The van der Waals surface area contributed by atoms with Gasteiger partial charge in [-0.1, -0.05) is 11.6 Å². The van der Waals surface area contributed by atoms with Gasteiger partial charge in [-0.05, 0) is 25.6 Å². The summed E-state index contributed by atoms with van der Waals surface area (Å²) in [5.74, 6) is -0.0984. The van der Waals surface area contributed by atoms with Gasteiger partial charge >= 0.3 is 6.18 Å². The Kier molecular flexibility index (Phi) is 7.01. The second kappa shape index (κ2) is 9.24. The zero-order chi connectivity index (χ0) is 23.7. The number of nitrogens with one attached hydrogen (secondary N) is 1. The lowest BCUT2D eigenvalue weighted by Crippen LogP contribution is -2.23. The quantitative estimate of drug-likeness (QED) is 0.620. The van der Waals surface area contributed by atoms with Crippen LogP contribution in [-0.2, 0) is 16.2 Å². The molecule has 1 N–H and O–H groups in total. The van der Waals surface area contributed by atoms with Crippen LogP contribution in [0.15, 0.2) is 35.2 Å². The number of ether oxygens (including phenoxy) is 3. The maximum atomic E-state index is 13.5. The monoisotopic (exact) mass is 494 g/mol. The van der Waals surface area contributed by atoms with Crippen molar-refractivity contribution in [2.75, 3.05) is 39.1 Å². The van der Waals surface area contributed by atoms with Crippen molar-refractivity contribution in [1.29, 1.82) is 0 Å². The summed E-state index contributed by atoms with van der Waals surface area (Å²) in [6, 6.07) is 5.25. The van der Waals surface area contributed by atoms with Crippen LogP contribution in [0.5, 0.6) is 17.2 Å². The molecular formula is C20H22ClF3N2O5S. The molecule has 0 saturated carbocycles. The van der Waals surface area contributed by atoms with Crippen molar-refractivity contribution in [1.82, 2.24) is 4.90 Å².